The number of hydrogen-bond donors (Lipinski definition) is 2. The predicted octanol–water partition coefficient (Wildman–Crippen LogP) is 7.05. The van der Waals surface area contributed by atoms with Crippen LogP contribution >= 0.6 is 22.9 Å². The van der Waals surface area contributed by atoms with Crippen LogP contribution in [0.1, 0.15) is 38.8 Å². The Hall–Kier alpha value is -2.86. The number of likely N-dealkylation sites (N-methyl/N-ethyl adjacent to an activating group) is 1. The summed E-state index contributed by atoms with van der Waals surface area (Å²) in [7, 11) is 0. The Bertz CT molecular complexity index is 1290. The van der Waals surface area contributed by atoms with Gasteiger partial charge in [-0.05, 0) is 92.5 Å². The summed E-state index contributed by atoms with van der Waals surface area (Å²) < 4.78 is 7.09. The minimum atomic E-state index is -0.111. The molecule has 0 saturated carbocycles. The molecule has 0 amide bonds. The van der Waals surface area contributed by atoms with Crippen molar-refractivity contribution in [1.82, 2.24) is 5.32 Å². The van der Waals surface area contributed by atoms with Gasteiger partial charge in [0.25, 0.3) is 0 Å². The number of fused-ring (bicyclic) bond motifs is 1. The molecule has 6 heteroatoms. The summed E-state index contributed by atoms with van der Waals surface area (Å²) in [4.78, 5) is 14.2. The third-order valence-corrected chi connectivity index (χ3v) is 6.89. The van der Waals surface area contributed by atoms with E-state index in [-0.39, 0.29) is 11.5 Å². The van der Waals surface area contributed by atoms with Crippen LogP contribution in [0.2, 0.25) is 5.02 Å². The number of benzene rings is 3. The number of ether oxygens (including phenoxy) is 1. The van der Waals surface area contributed by atoms with E-state index >= 15 is 0 Å². The largest absolute Gasteiger partial charge is 0.508 e. The monoisotopic (exact) mass is 479 g/mol. The zero-order valence-corrected chi connectivity index (χ0v) is 20.4. The van der Waals surface area contributed by atoms with E-state index in [1.165, 1.54) is 16.9 Å². The number of aryl methyl sites for hydroxylation is 2. The summed E-state index contributed by atoms with van der Waals surface area (Å²) in [6.07, 6.45) is 0.938. The number of nitrogens with one attached hydrogen (secondary N) is 1. The third kappa shape index (κ3) is 5.06. The van der Waals surface area contributed by atoms with E-state index in [0.29, 0.717) is 27.0 Å². The van der Waals surface area contributed by atoms with Crippen molar-refractivity contribution in [1.29, 1.82) is 0 Å². The highest BCUT2D eigenvalue weighted by Crippen LogP contribution is 2.43. The molecule has 0 bridgehead atoms. The van der Waals surface area contributed by atoms with Crippen LogP contribution in [-0.4, -0.2) is 24.0 Å². The highest BCUT2D eigenvalue weighted by molar-refractivity contribution is 7.21. The third-order valence-electron chi connectivity index (χ3n) is 5.54. The number of ketones is 1. The first-order valence-electron chi connectivity index (χ1n) is 10.9. The normalized spacial score (nSPS) is 11.2. The number of thiophene rings is 1. The van der Waals surface area contributed by atoms with Crippen LogP contribution < -0.4 is 10.1 Å². The Morgan fingerprint density at radius 2 is 1.76 bits per heavy atom. The second kappa shape index (κ2) is 9.96. The van der Waals surface area contributed by atoms with Gasteiger partial charge in [-0.3, -0.25) is 4.79 Å². The van der Waals surface area contributed by atoms with Gasteiger partial charge in [0.15, 0.2) is 5.75 Å². The number of carbonyl (C=O) groups is 1. The molecule has 4 rings (SSSR count). The Kier molecular flexibility index (Phi) is 7.03. The number of phenolic OH excluding ortho intramolecular Hbond substituents is 1. The van der Waals surface area contributed by atoms with Crippen molar-refractivity contribution < 1.29 is 14.6 Å². The Labute approximate surface area is 202 Å². The van der Waals surface area contributed by atoms with Crippen molar-refractivity contribution in [2.24, 2.45) is 0 Å². The molecule has 4 nitrogen and oxygen atoms in total. The number of rotatable bonds is 8. The molecule has 0 spiro atoms. The van der Waals surface area contributed by atoms with Gasteiger partial charge >= 0.3 is 0 Å². The Morgan fingerprint density at radius 3 is 2.42 bits per heavy atom. The summed E-state index contributed by atoms with van der Waals surface area (Å²) in [6, 6.07) is 16.6. The lowest BCUT2D eigenvalue weighted by atomic mass is 9.98. The van der Waals surface area contributed by atoms with Crippen LogP contribution in [0.15, 0.2) is 54.6 Å². The summed E-state index contributed by atoms with van der Waals surface area (Å²) in [5.74, 6) is 1.21. The maximum Gasteiger partial charge on any atom is 0.207 e. The minimum Gasteiger partial charge on any atom is -0.508 e. The van der Waals surface area contributed by atoms with Crippen LogP contribution in [0.5, 0.6) is 17.2 Å². The van der Waals surface area contributed by atoms with Crippen molar-refractivity contribution in [3.05, 3.63) is 86.8 Å². The van der Waals surface area contributed by atoms with E-state index in [1.54, 1.807) is 30.3 Å². The fraction of sp³-hybridized carbons (Fsp3) is 0.222. The molecule has 0 aliphatic heterocycles. The molecule has 0 aliphatic rings. The van der Waals surface area contributed by atoms with Gasteiger partial charge in [0, 0.05) is 20.7 Å². The number of aromatic hydroxyl groups is 1. The lowest BCUT2D eigenvalue weighted by Crippen LogP contribution is -2.15. The summed E-state index contributed by atoms with van der Waals surface area (Å²) in [6.45, 7) is 7.74. The predicted molar refractivity (Wildman–Crippen MR) is 137 cm³/mol. The molecule has 0 radical (unpaired) electrons. The first-order valence-corrected chi connectivity index (χ1v) is 12.1. The van der Waals surface area contributed by atoms with Crippen molar-refractivity contribution >= 4 is 38.8 Å². The zero-order valence-electron chi connectivity index (χ0n) is 18.9. The van der Waals surface area contributed by atoms with Gasteiger partial charge in [-0.15, -0.1) is 11.3 Å². The van der Waals surface area contributed by atoms with Gasteiger partial charge in [-0.1, -0.05) is 30.7 Å². The molecule has 1 aromatic heterocycles. The standard InChI is InChI=1S/C27H26ClNO3S/c1-4-29-12-11-18-5-8-21(9-6-18)32-26-22-10-7-20(30)15-23(22)33-27(26)25(31)24-16(2)13-19(28)14-17(24)3/h5-10,13-15,29-30H,4,11-12H2,1-3H3. The molecule has 33 heavy (non-hydrogen) atoms. The highest BCUT2D eigenvalue weighted by Gasteiger charge is 2.24. The molecule has 170 valence electrons. The van der Waals surface area contributed by atoms with Crippen LogP contribution in [0, 0.1) is 13.8 Å². The van der Waals surface area contributed by atoms with Crippen LogP contribution in [0.3, 0.4) is 0 Å². The molecule has 0 aliphatic carbocycles. The van der Waals surface area contributed by atoms with Gasteiger partial charge < -0.3 is 15.2 Å². The second-order valence-corrected chi connectivity index (χ2v) is 9.52. The number of halogens is 1. The van der Waals surface area contributed by atoms with Gasteiger partial charge in [-0.25, -0.2) is 0 Å². The van der Waals surface area contributed by atoms with Crippen molar-refractivity contribution in [3.8, 4) is 17.2 Å². The van der Waals surface area contributed by atoms with Crippen molar-refractivity contribution in [3.63, 3.8) is 0 Å². The lowest BCUT2D eigenvalue weighted by Gasteiger charge is -2.12. The number of phenols is 1. The number of hydrogen-bond acceptors (Lipinski definition) is 5. The quantitative estimate of drug-likeness (QED) is 0.210. The lowest BCUT2D eigenvalue weighted by molar-refractivity contribution is 0.103. The summed E-state index contributed by atoms with van der Waals surface area (Å²) in [5.41, 5.74) is 3.48. The van der Waals surface area contributed by atoms with E-state index in [4.69, 9.17) is 16.3 Å². The van der Waals surface area contributed by atoms with E-state index < -0.39 is 0 Å². The second-order valence-electron chi connectivity index (χ2n) is 8.03. The highest BCUT2D eigenvalue weighted by atomic mass is 35.5. The van der Waals surface area contributed by atoms with E-state index in [0.717, 1.165) is 40.7 Å². The Balaban J connectivity index is 1.73. The van der Waals surface area contributed by atoms with Gasteiger partial charge in [-0.2, -0.15) is 0 Å². The molecule has 0 saturated heterocycles. The summed E-state index contributed by atoms with van der Waals surface area (Å²) in [5, 5.41) is 14.7. The SMILES string of the molecule is CCNCCc1ccc(Oc2c(C(=O)c3c(C)cc(Cl)cc3C)sc3cc(O)ccc23)cc1. The van der Waals surface area contributed by atoms with Crippen molar-refractivity contribution in [2.45, 2.75) is 27.2 Å². The summed E-state index contributed by atoms with van der Waals surface area (Å²) >= 11 is 7.50. The van der Waals surface area contributed by atoms with E-state index in [1.807, 2.05) is 38.1 Å². The first-order chi connectivity index (χ1) is 15.9. The maximum atomic E-state index is 13.7. The molecule has 4 aromatic rings. The van der Waals surface area contributed by atoms with Crippen LogP contribution in [-0.2, 0) is 6.42 Å². The topological polar surface area (TPSA) is 58.6 Å². The molecule has 3 aromatic carbocycles. The average molecular weight is 480 g/mol. The maximum absolute atomic E-state index is 13.7. The van der Waals surface area contributed by atoms with Gasteiger partial charge in [0.2, 0.25) is 5.78 Å². The molecular formula is C27H26ClNO3S. The first kappa shape index (κ1) is 23.3. The molecule has 0 fully saturated rings. The molecule has 0 atom stereocenters. The van der Waals surface area contributed by atoms with Crippen LogP contribution in [0.25, 0.3) is 10.1 Å². The molecule has 1 heterocycles. The van der Waals surface area contributed by atoms with Crippen LogP contribution in [0.4, 0.5) is 0 Å². The van der Waals surface area contributed by atoms with Gasteiger partial charge in [0.1, 0.15) is 16.4 Å². The average Bonchev–Trinajstić information content (AvgIpc) is 3.11. The van der Waals surface area contributed by atoms with E-state index in [2.05, 4.69) is 12.2 Å². The molecule has 2 N–H and O–H groups in total. The fourth-order valence-corrected chi connectivity index (χ4v) is 5.38. The molecular weight excluding hydrogens is 454 g/mol. The Morgan fingerprint density at radius 1 is 1.06 bits per heavy atom. The number of carbonyl (C=O) groups excluding carboxylic acids is 1. The fourth-order valence-electron chi connectivity index (χ4n) is 3.95. The smallest absolute Gasteiger partial charge is 0.207 e. The van der Waals surface area contributed by atoms with Gasteiger partial charge in [0.05, 0.1) is 0 Å². The zero-order chi connectivity index (χ0) is 23.5. The molecule has 0 unspecified atom stereocenters. The van der Waals surface area contributed by atoms with E-state index in [9.17, 15) is 9.90 Å². The van der Waals surface area contributed by atoms with Crippen molar-refractivity contribution in [2.75, 3.05) is 13.1 Å². The minimum absolute atomic E-state index is 0.111.